The van der Waals surface area contributed by atoms with E-state index < -0.39 is 0 Å². The number of benzene rings is 2. The van der Waals surface area contributed by atoms with Crippen LogP contribution in [0.5, 0.6) is 5.75 Å². The van der Waals surface area contributed by atoms with E-state index in [-0.39, 0.29) is 5.91 Å². The van der Waals surface area contributed by atoms with Crippen molar-refractivity contribution in [2.24, 2.45) is 0 Å². The molecule has 0 aliphatic rings. The van der Waals surface area contributed by atoms with Gasteiger partial charge in [-0.1, -0.05) is 13.0 Å². The van der Waals surface area contributed by atoms with E-state index in [9.17, 15) is 4.79 Å². The van der Waals surface area contributed by atoms with Crippen LogP contribution in [-0.2, 0) is 6.42 Å². The maximum Gasteiger partial charge on any atom is 0.255 e. The fraction of sp³-hybridized carbons (Fsp3) is 0.176. The molecule has 2 aromatic carbocycles. The van der Waals surface area contributed by atoms with Crippen LogP contribution in [0.25, 0.3) is 11.0 Å². The highest BCUT2D eigenvalue weighted by Gasteiger charge is 2.09. The van der Waals surface area contributed by atoms with Gasteiger partial charge >= 0.3 is 0 Å². The molecule has 1 heterocycles. The molecule has 5 nitrogen and oxygen atoms in total. The number of fused-ring (bicyclic) bond motifs is 1. The van der Waals surface area contributed by atoms with E-state index in [1.807, 2.05) is 37.3 Å². The first-order valence-corrected chi connectivity index (χ1v) is 7.13. The first-order chi connectivity index (χ1) is 10.7. The minimum atomic E-state index is -0.164. The molecular formula is C17H17N3O2. The number of methoxy groups -OCH3 is 1. The van der Waals surface area contributed by atoms with Crippen molar-refractivity contribution < 1.29 is 9.53 Å². The molecule has 22 heavy (non-hydrogen) atoms. The summed E-state index contributed by atoms with van der Waals surface area (Å²) in [6.45, 7) is 2.04. The molecule has 3 rings (SSSR count). The third-order valence-corrected chi connectivity index (χ3v) is 3.46. The molecule has 2 N–H and O–H groups in total. The summed E-state index contributed by atoms with van der Waals surface area (Å²) in [5, 5.41) is 2.87. The second-order valence-corrected chi connectivity index (χ2v) is 4.96. The van der Waals surface area contributed by atoms with Crippen molar-refractivity contribution in [3.05, 3.63) is 53.9 Å². The highest BCUT2D eigenvalue weighted by Crippen LogP contribution is 2.19. The van der Waals surface area contributed by atoms with Crippen LogP contribution in [0, 0.1) is 0 Å². The zero-order chi connectivity index (χ0) is 15.5. The van der Waals surface area contributed by atoms with E-state index in [2.05, 4.69) is 15.3 Å². The Hall–Kier alpha value is -2.82. The van der Waals surface area contributed by atoms with Crippen LogP contribution in [0.3, 0.4) is 0 Å². The summed E-state index contributed by atoms with van der Waals surface area (Å²) in [5.74, 6) is 1.46. The number of anilines is 1. The number of carbonyl (C=O) groups is 1. The normalized spacial score (nSPS) is 10.6. The third-order valence-electron chi connectivity index (χ3n) is 3.46. The Labute approximate surface area is 128 Å². The molecule has 0 aliphatic carbocycles. The molecular weight excluding hydrogens is 278 g/mol. The van der Waals surface area contributed by atoms with Crippen molar-refractivity contribution in [3.8, 4) is 5.75 Å². The second-order valence-electron chi connectivity index (χ2n) is 4.96. The predicted octanol–water partition coefficient (Wildman–Crippen LogP) is 3.39. The number of aromatic amines is 1. The average Bonchev–Trinajstić information content (AvgIpc) is 2.97. The maximum atomic E-state index is 12.3. The summed E-state index contributed by atoms with van der Waals surface area (Å²) in [6, 6.07) is 12.7. The molecule has 0 atom stereocenters. The fourth-order valence-electron chi connectivity index (χ4n) is 2.28. The molecule has 1 aromatic heterocycles. The zero-order valence-electron chi connectivity index (χ0n) is 12.5. The van der Waals surface area contributed by atoms with E-state index in [0.717, 1.165) is 23.3 Å². The number of rotatable bonds is 4. The molecule has 5 heteroatoms. The van der Waals surface area contributed by atoms with Gasteiger partial charge in [-0.2, -0.15) is 0 Å². The molecule has 1 amide bonds. The number of aromatic nitrogens is 2. The highest BCUT2D eigenvalue weighted by molar-refractivity contribution is 6.06. The largest absolute Gasteiger partial charge is 0.497 e. The Bertz CT molecular complexity index is 824. The minimum Gasteiger partial charge on any atom is -0.497 e. The van der Waals surface area contributed by atoms with Crippen molar-refractivity contribution in [2.45, 2.75) is 13.3 Å². The number of nitrogens with zero attached hydrogens (tertiary/aromatic N) is 1. The summed E-state index contributed by atoms with van der Waals surface area (Å²) < 4.78 is 5.15. The van der Waals surface area contributed by atoms with Gasteiger partial charge < -0.3 is 15.0 Å². The molecule has 0 aliphatic heterocycles. The molecule has 0 saturated heterocycles. The van der Waals surface area contributed by atoms with Crippen LogP contribution < -0.4 is 10.1 Å². The number of hydrogen-bond donors (Lipinski definition) is 2. The summed E-state index contributed by atoms with van der Waals surface area (Å²) in [5.41, 5.74) is 3.02. The fourth-order valence-corrected chi connectivity index (χ4v) is 2.28. The van der Waals surface area contributed by atoms with E-state index in [4.69, 9.17) is 4.74 Å². The lowest BCUT2D eigenvalue weighted by Gasteiger charge is -2.07. The monoisotopic (exact) mass is 295 g/mol. The topological polar surface area (TPSA) is 67.0 Å². The minimum absolute atomic E-state index is 0.164. The van der Waals surface area contributed by atoms with Gasteiger partial charge in [0.2, 0.25) is 0 Å². The average molecular weight is 295 g/mol. The standard InChI is InChI=1S/C17H17N3O2/c1-3-16-19-14-8-7-11(9-15(14)20-16)17(21)18-12-5-4-6-13(10-12)22-2/h4-10H,3H2,1-2H3,(H,18,21)(H,19,20). The Morgan fingerprint density at radius 1 is 1.27 bits per heavy atom. The summed E-state index contributed by atoms with van der Waals surface area (Å²) in [4.78, 5) is 20.0. The lowest BCUT2D eigenvalue weighted by atomic mass is 10.2. The Morgan fingerprint density at radius 3 is 2.91 bits per heavy atom. The molecule has 0 bridgehead atoms. The summed E-state index contributed by atoms with van der Waals surface area (Å²) in [6.07, 6.45) is 0.833. The van der Waals surface area contributed by atoms with E-state index in [1.165, 1.54) is 0 Å². The maximum absolute atomic E-state index is 12.3. The predicted molar refractivity (Wildman–Crippen MR) is 86.4 cm³/mol. The van der Waals surface area contributed by atoms with E-state index in [0.29, 0.717) is 17.0 Å². The number of carbonyl (C=O) groups excluding carboxylic acids is 1. The lowest BCUT2D eigenvalue weighted by Crippen LogP contribution is -2.11. The van der Waals surface area contributed by atoms with Gasteiger partial charge in [0.05, 0.1) is 18.1 Å². The van der Waals surface area contributed by atoms with Crippen molar-refractivity contribution >= 4 is 22.6 Å². The number of imidazole rings is 1. The number of H-pyrrole nitrogens is 1. The van der Waals surface area contributed by atoms with Crippen LogP contribution in [-0.4, -0.2) is 23.0 Å². The Balaban J connectivity index is 1.84. The molecule has 0 fully saturated rings. The highest BCUT2D eigenvalue weighted by atomic mass is 16.5. The smallest absolute Gasteiger partial charge is 0.255 e. The SMILES string of the molecule is CCc1nc2ccc(C(=O)Nc3cccc(OC)c3)cc2[nH]1. The third kappa shape index (κ3) is 2.79. The van der Waals surface area contributed by atoms with Crippen LogP contribution in [0.1, 0.15) is 23.1 Å². The molecule has 112 valence electrons. The van der Waals surface area contributed by atoms with Gasteiger partial charge in [-0.05, 0) is 30.3 Å². The molecule has 0 spiro atoms. The van der Waals surface area contributed by atoms with Gasteiger partial charge in [-0.25, -0.2) is 4.98 Å². The molecule has 0 radical (unpaired) electrons. The zero-order valence-corrected chi connectivity index (χ0v) is 12.5. The lowest BCUT2D eigenvalue weighted by molar-refractivity contribution is 0.102. The van der Waals surface area contributed by atoms with Crippen LogP contribution in [0.15, 0.2) is 42.5 Å². The number of ether oxygens (including phenoxy) is 1. The summed E-state index contributed by atoms with van der Waals surface area (Å²) >= 11 is 0. The van der Waals surface area contributed by atoms with Gasteiger partial charge in [0.25, 0.3) is 5.91 Å². The van der Waals surface area contributed by atoms with Crippen molar-refractivity contribution in [1.82, 2.24) is 9.97 Å². The quantitative estimate of drug-likeness (QED) is 0.775. The number of aryl methyl sites for hydroxylation is 1. The van der Waals surface area contributed by atoms with Crippen LogP contribution in [0.2, 0.25) is 0 Å². The van der Waals surface area contributed by atoms with Gasteiger partial charge in [0.15, 0.2) is 0 Å². The number of amides is 1. The van der Waals surface area contributed by atoms with E-state index in [1.54, 1.807) is 19.2 Å². The summed E-state index contributed by atoms with van der Waals surface area (Å²) in [7, 11) is 1.60. The molecule has 0 saturated carbocycles. The Morgan fingerprint density at radius 2 is 2.14 bits per heavy atom. The number of nitrogens with one attached hydrogen (secondary N) is 2. The second kappa shape index (κ2) is 5.89. The molecule has 0 unspecified atom stereocenters. The number of hydrogen-bond acceptors (Lipinski definition) is 3. The van der Waals surface area contributed by atoms with E-state index >= 15 is 0 Å². The van der Waals surface area contributed by atoms with Crippen molar-refractivity contribution in [1.29, 1.82) is 0 Å². The molecule has 3 aromatic rings. The van der Waals surface area contributed by atoms with Gasteiger partial charge in [-0.3, -0.25) is 4.79 Å². The van der Waals surface area contributed by atoms with Gasteiger partial charge in [-0.15, -0.1) is 0 Å². The van der Waals surface area contributed by atoms with Crippen molar-refractivity contribution in [2.75, 3.05) is 12.4 Å². The van der Waals surface area contributed by atoms with Crippen molar-refractivity contribution in [3.63, 3.8) is 0 Å². The Kier molecular flexibility index (Phi) is 3.78. The first-order valence-electron chi connectivity index (χ1n) is 7.13. The van der Waals surface area contributed by atoms with Gasteiger partial charge in [0.1, 0.15) is 11.6 Å². The van der Waals surface area contributed by atoms with Crippen LogP contribution in [0.4, 0.5) is 5.69 Å². The van der Waals surface area contributed by atoms with Crippen LogP contribution >= 0.6 is 0 Å². The first kappa shape index (κ1) is 14.1. The van der Waals surface area contributed by atoms with Gasteiger partial charge in [0, 0.05) is 23.7 Å².